The molecule has 0 N–H and O–H groups in total. The van der Waals surface area contributed by atoms with Crippen molar-refractivity contribution < 1.29 is 14.3 Å². The van der Waals surface area contributed by atoms with E-state index in [4.69, 9.17) is 4.74 Å². The number of esters is 1. The van der Waals surface area contributed by atoms with E-state index in [0.29, 0.717) is 17.9 Å². The summed E-state index contributed by atoms with van der Waals surface area (Å²) in [5.41, 5.74) is 3.71. The van der Waals surface area contributed by atoms with E-state index in [2.05, 4.69) is 27.7 Å². The molecule has 0 aliphatic heterocycles. The summed E-state index contributed by atoms with van der Waals surface area (Å²) < 4.78 is 7.31. The number of ether oxygens (including phenoxy) is 1. The molecule has 0 amide bonds. The van der Waals surface area contributed by atoms with Gasteiger partial charge in [0.05, 0.1) is 21.4 Å². The number of hydrogen-bond acceptors (Lipinski definition) is 4. The highest BCUT2D eigenvalue weighted by atomic mass is 127. The molecule has 3 rings (SSSR count). The highest BCUT2D eigenvalue weighted by molar-refractivity contribution is 14.1. The lowest BCUT2D eigenvalue weighted by Gasteiger charge is -2.04. The molecule has 0 radical (unpaired) electrons. The molecule has 0 unspecified atom stereocenters. The van der Waals surface area contributed by atoms with Gasteiger partial charge in [0.25, 0.3) is 0 Å². The van der Waals surface area contributed by atoms with Crippen LogP contribution in [0.4, 0.5) is 0 Å². The summed E-state index contributed by atoms with van der Waals surface area (Å²) in [6, 6.07) is 16.7. The van der Waals surface area contributed by atoms with Crippen molar-refractivity contribution in [2.75, 3.05) is 6.61 Å². The largest absolute Gasteiger partial charge is 0.462 e. The van der Waals surface area contributed by atoms with E-state index in [1.165, 1.54) is 11.6 Å². The first-order chi connectivity index (χ1) is 12.5. The van der Waals surface area contributed by atoms with Gasteiger partial charge in [-0.2, -0.15) is 9.78 Å². The summed E-state index contributed by atoms with van der Waals surface area (Å²) in [4.78, 5) is 23.9. The molecule has 3 aromatic rings. The summed E-state index contributed by atoms with van der Waals surface area (Å²) in [5.74, 6) is -0.510. The van der Waals surface area contributed by atoms with Crippen molar-refractivity contribution in [3.05, 3.63) is 63.7 Å². The van der Waals surface area contributed by atoms with Gasteiger partial charge in [0, 0.05) is 18.1 Å². The topological polar surface area (TPSA) is 61.2 Å². The first-order valence-electron chi connectivity index (χ1n) is 8.15. The van der Waals surface area contributed by atoms with Crippen LogP contribution >= 0.6 is 22.6 Å². The van der Waals surface area contributed by atoms with Gasteiger partial charge in [0.15, 0.2) is 0 Å². The van der Waals surface area contributed by atoms with Crippen molar-refractivity contribution in [2.45, 2.75) is 13.8 Å². The predicted octanol–water partition coefficient (Wildman–Crippen LogP) is 4.66. The smallest absolute Gasteiger partial charge is 0.338 e. The van der Waals surface area contributed by atoms with Gasteiger partial charge in [-0.25, -0.2) is 4.79 Å². The first kappa shape index (κ1) is 18.3. The van der Waals surface area contributed by atoms with Crippen molar-refractivity contribution in [2.24, 2.45) is 0 Å². The molecule has 0 aliphatic carbocycles. The average Bonchev–Trinajstić information content (AvgIpc) is 3.00. The van der Waals surface area contributed by atoms with Gasteiger partial charge >= 0.3 is 5.97 Å². The van der Waals surface area contributed by atoms with Crippen LogP contribution < -0.4 is 0 Å². The number of carbonyl (C=O) groups is 2. The zero-order valence-corrected chi connectivity index (χ0v) is 16.6. The lowest BCUT2D eigenvalue weighted by molar-refractivity contribution is 0.0526. The van der Waals surface area contributed by atoms with Crippen LogP contribution in [-0.2, 0) is 4.74 Å². The highest BCUT2D eigenvalue weighted by Crippen LogP contribution is 2.33. The summed E-state index contributed by atoms with van der Waals surface area (Å²) in [6.45, 7) is 3.60. The third-order valence-electron chi connectivity index (χ3n) is 3.84. The molecule has 2 aromatic carbocycles. The van der Waals surface area contributed by atoms with E-state index in [0.717, 1.165) is 20.4 Å². The quantitative estimate of drug-likeness (QED) is 0.420. The van der Waals surface area contributed by atoms with Gasteiger partial charge in [-0.05, 0) is 41.6 Å². The molecule has 1 aromatic heterocycles. The van der Waals surface area contributed by atoms with E-state index < -0.39 is 0 Å². The summed E-state index contributed by atoms with van der Waals surface area (Å²) in [6.07, 6.45) is 0. The minimum absolute atomic E-state index is 0.156. The molecule has 1 heterocycles. The number of rotatable bonds is 4. The Balaban J connectivity index is 2.06. The van der Waals surface area contributed by atoms with Crippen molar-refractivity contribution in [3.8, 4) is 22.5 Å². The standard InChI is InChI=1S/C20H17IN2O3/c1-3-26-20(25)16-11-9-14(10-12-16)18-17(21)19(23(22-18)13(2)24)15-7-5-4-6-8-15/h4-12H,3H2,1-2H3. The van der Waals surface area contributed by atoms with Gasteiger partial charge in [-0.3, -0.25) is 4.79 Å². The molecule has 132 valence electrons. The Bertz CT molecular complexity index is 947. The van der Waals surface area contributed by atoms with Crippen LogP contribution in [0.2, 0.25) is 0 Å². The third kappa shape index (κ3) is 3.55. The van der Waals surface area contributed by atoms with E-state index in [1.807, 2.05) is 42.5 Å². The van der Waals surface area contributed by atoms with Crippen LogP contribution in [0.25, 0.3) is 22.5 Å². The fraction of sp³-hybridized carbons (Fsp3) is 0.150. The van der Waals surface area contributed by atoms with Gasteiger partial charge < -0.3 is 4.74 Å². The molecule has 0 saturated carbocycles. The molecular weight excluding hydrogens is 443 g/mol. The second kappa shape index (κ2) is 7.82. The Morgan fingerprint density at radius 3 is 2.27 bits per heavy atom. The lowest BCUT2D eigenvalue weighted by Crippen LogP contribution is -2.09. The van der Waals surface area contributed by atoms with E-state index in [1.54, 1.807) is 19.1 Å². The van der Waals surface area contributed by atoms with Crippen molar-refractivity contribution in [1.29, 1.82) is 0 Å². The Kier molecular flexibility index (Phi) is 5.51. The Hall–Kier alpha value is -2.48. The Labute approximate surface area is 165 Å². The molecule has 0 saturated heterocycles. The zero-order valence-electron chi connectivity index (χ0n) is 14.4. The molecular formula is C20H17IN2O3. The number of benzene rings is 2. The van der Waals surface area contributed by atoms with Crippen LogP contribution in [0.15, 0.2) is 54.6 Å². The fourth-order valence-corrected chi connectivity index (χ4v) is 3.59. The molecule has 0 spiro atoms. The zero-order chi connectivity index (χ0) is 18.7. The molecule has 6 heteroatoms. The minimum Gasteiger partial charge on any atom is -0.462 e. The average molecular weight is 460 g/mol. The molecule has 0 atom stereocenters. The molecule has 26 heavy (non-hydrogen) atoms. The Morgan fingerprint density at radius 1 is 1.04 bits per heavy atom. The van der Waals surface area contributed by atoms with E-state index >= 15 is 0 Å². The van der Waals surface area contributed by atoms with Gasteiger partial charge in [-0.15, -0.1) is 0 Å². The normalized spacial score (nSPS) is 10.6. The minimum atomic E-state index is -0.354. The van der Waals surface area contributed by atoms with Crippen LogP contribution in [0.1, 0.15) is 29.0 Å². The van der Waals surface area contributed by atoms with E-state index in [9.17, 15) is 9.59 Å². The van der Waals surface area contributed by atoms with Crippen molar-refractivity contribution in [1.82, 2.24) is 9.78 Å². The van der Waals surface area contributed by atoms with Crippen molar-refractivity contribution >= 4 is 34.5 Å². The molecule has 0 fully saturated rings. The van der Waals surface area contributed by atoms with Gasteiger partial charge in [-0.1, -0.05) is 42.5 Å². The highest BCUT2D eigenvalue weighted by Gasteiger charge is 2.21. The number of aromatic nitrogens is 2. The number of carbonyl (C=O) groups excluding carboxylic acids is 2. The maximum atomic E-state index is 12.1. The van der Waals surface area contributed by atoms with Crippen molar-refractivity contribution in [3.63, 3.8) is 0 Å². The fourth-order valence-electron chi connectivity index (χ4n) is 2.63. The maximum Gasteiger partial charge on any atom is 0.338 e. The maximum absolute atomic E-state index is 12.1. The summed E-state index contributed by atoms with van der Waals surface area (Å²) >= 11 is 2.21. The molecule has 0 bridgehead atoms. The van der Waals surface area contributed by atoms with Crippen LogP contribution in [0, 0.1) is 3.57 Å². The van der Waals surface area contributed by atoms with Gasteiger partial charge in [0.1, 0.15) is 5.69 Å². The monoisotopic (exact) mass is 460 g/mol. The second-order valence-corrected chi connectivity index (χ2v) is 6.68. The predicted molar refractivity (Wildman–Crippen MR) is 108 cm³/mol. The lowest BCUT2D eigenvalue weighted by atomic mass is 10.1. The Morgan fingerprint density at radius 2 is 1.69 bits per heavy atom. The molecule has 0 aliphatic rings. The summed E-state index contributed by atoms with van der Waals surface area (Å²) in [7, 11) is 0. The number of hydrogen-bond donors (Lipinski definition) is 0. The summed E-state index contributed by atoms with van der Waals surface area (Å²) in [5, 5.41) is 4.51. The second-order valence-electron chi connectivity index (χ2n) is 5.61. The first-order valence-corrected chi connectivity index (χ1v) is 9.23. The number of halogens is 1. The van der Waals surface area contributed by atoms with Crippen LogP contribution in [-0.4, -0.2) is 28.3 Å². The molecule has 5 nitrogen and oxygen atoms in total. The van der Waals surface area contributed by atoms with Crippen LogP contribution in [0.5, 0.6) is 0 Å². The third-order valence-corrected chi connectivity index (χ3v) is 4.86. The van der Waals surface area contributed by atoms with Gasteiger partial charge in [0.2, 0.25) is 5.91 Å². The van der Waals surface area contributed by atoms with Crippen LogP contribution in [0.3, 0.4) is 0 Å². The SMILES string of the molecule is CCOC(=O)c1ccc(-c2nn(C(C)=O)c(-c3ccccc3)c2I)cc1. The number of nitrogens with zero attached hydrogens (tertiary/aromatic N) is 2. The van der Waals surface area contributed by atoms with E-state index in [-0.39, 0.29) is 11.9 Å².